The first kappa shape index (κ1) is 12.3. The van der Waals surface area contributed by atoms with Crippen LogP contribution in [-0.2, 0) is 0 Å². The summed E-state index contributed by atoms with van der Waals surface area (Å²) >= 11 is 2.11. The van der Waals surface area contributed by atoms with E-state index in [0.717, 1.165) is 11.8 Å². The first-order valence-corrected chi connectivity index (χ1v) is 6.21. The minimum atomic E-state index is 0.812. The van der Waals surface area contributed by atoms with Crippen LogP contribution in [0.2, 0.25) is 0 Å². The van der Waals surface area contributed by atoms with Crippen molar-refractivity contribution in [2.75, 3.05) is 12.3 Å². The molecule has 0 aromatic heterocycles. The standard InChI is InChI=1S/C10H23NS/c1-3-5-6-9-12-10(4-2)7-8-11/h10H,3-9,11H2,1-2H3. The van der Waals surface area contributed by atoms with E-state index in [1.165, 1.54) is 37.9 Å². The van der Waals surface area contributed by atoms with Crippen LogP contribution in [0.3, 0.4) is 0 Å². The van der Waals surface area contributed by atoms with E-state index in [1.54, 1.807) is 0 Å². The lowest BCUT2D eigenvalue weighted by Crippen LogP contribution is -2.10. The maximum absolute atomic E-state index is 5.52. The Hall–Kier alpha value is 0.310. The van der Waals surface area contributed by atoms with E-state index in [9.17, 15) is 0 Å². The van der Waals surface area contributed by atoms with Gasteiger partial charge in [0, 0.05) is 5.25 Å². The van der Waals surface area contributed by atoms with Gasteiger partial charge in [-0.15, -0.1) is 0 Å². The van der Waals surface area contributed by atoms with E-state index in [1.807, 2.05) is 0 Å². The van der Waals surface area contributed by atoms with Gasteiger partial charge >= 0.3 is 0 Å². The Kier molecular flexibility index (Phi) is 9.64. The molecule has 0 spiro atoms. The molecule has 0 aromatic rings. The van der Waals surface area contributed by atoms with Gasteiger partial charge < -0.3 is 5.73 Å². The first-order valence-electron chi connectivity index (χ1n) is 5.16. The van der Waals surface area contributed by atoms with E-state index >= 15 is 0 Å². The van der Waals surface area contributed by atoms with Crippen molar-refractivity contribution in [1.29, 1.82) is 0 Å². The largest absolute Gasteiger partial charge is 0.330 e. The minimum absolute atomic E-state index is 0.812. The molecular formula is C10H23NS. The van der Waals surface area contributed by atoms with Gasteiger partial charge in [0.15, 0.2) is 0 Å². The third-order valence-electron chi connectivity index (χ3n) is 2.05. The highest BCUT2D eigenvalue weighted by molar-refractivity contribution is 7.99. The summed E-state index contributed by atoms with van der Waals surface area (Å²) in [6, 6.07) is 0. The molecule has 74 valence electrons. The molecule has 0 radical (unpaired) electrons. The molecule has 0 heterocycles. The van der Waals surface area contributed by atoms with Crippen molar-refractivity contribution in [2.45, 2.75) is 51.2 Å². The fraction of sp³-hybridized carbons (Fsp3) is 1.00. The zero-order valence-electron chi connectivity index (χ0n) is 8.51. The zero-order valence-corrected chi connectivity index (χ0v) is 9.33. The molecule has 2 heteroatoms. The average Bonchev–Trinajstić information content (AvgIpc) is 2.10. The van der Waals surface area contributed by atoms with Crippen molar-refractivity contribution < 1.29 is 0 Å². The fourth-order valence-corrected chi connectivity index (χ4v) is 2.44. The molecule has 0 fully saturated rings. The Morgan fingerprint density at radius 3 is 2.50 bits per heavy atom. The molecule has 1 unspecified atom stereocenters. The van der Waals surface area contributed by atoms with Gasteiger partial charge in [0.1, 0.15) is 0 Å². The summed E-state index contributed by atoms with van der Waals surface area (Å²) < 4.78 is 0. The molecule has 0 aliphatic rings. The fourth-order valence-electron chi connectivity index (χ4n) is 1.19. The third-order valence-corrected chi connectivity index (χ3v) is 3.61. The Labute approximate surface area is 81.5 Å². The number of rotatable bonds is 8. The monoisotopic (exact) mass is 189 g/mol. The van der Waals surface area contributed by atoms with Crippen LogP contribution in [0.4, 0.5) is 0 Å². The van der Waals surface area contributed by atoms with Crippen molar-refractivity contribution in [1.82, 2.24) is 0 Å². The summed E-state index contributed by atoms with van der Waals surface area (Å²) in [6.45, 7) is 5.36. The summed E-state index contributed by atoms with van der Waals surface area (Å²) in [7, 11) is 0. The van der Waals surface area contributed by atoms with Crippen molar-refractivity contribution in [3.05, 3.63) is 0 Å². The Morgan fingerprint density at radius 1 is 1.25 bits per heavy atom. The van der Waals surface area contributed by atoms with Gasteiger partial charge in [0.05, 0.1) is 0 Å². The van der Waals surface area contributed by atoms with Crippen molar-refractivity contribution in [3.8, 4) is 0 Å². The quantitative estimate of drug-likeness (QED) is 0.594. The lowest BCUT2D eigenvalue weighted by atomic mass is 10.2. The number of hydrogen-bond acceptors (Lipinski definition) is 2. The van der Waals surface area contributed by atoms with E-state index in [-0.39, 0.29) is 0 Å². The third kappa shape index (κ3) is 6.99. The average molecular weight is 189 g/mol. The van der Waals surface area contributed by atoms with Gasteiger partial charge in [0.2, 0.25) is 0 Å². The van der Waals surface area contributed by atoms with E-state index in [0.29, 0.717) is 0 Å². The Balaban J connectivity index is 3.19. The Morgan fingerprint density at radius 2 is 2.00 bits per heavy atom. The number of unbranched alkanes of at least 4 members (excludes halogenated alkanes) is 2. The highest BCUT2D eigenvalue weighted by Crippen LogP contribution is 2.19. The molecule has 0 saturated carbocycles. The first-order chi connectivity index (χ1) is 5.85. The summed E-state index contributed by atoms with van der Waals surface area (Å²) in [6.07, 6.45) is 6.55. The van der Waals surface area contributed by atoms with Gasteiger partial charge in [-0.05, 0) is 31.6 Å². The molecule has 0 bridgehead atoms. The van der Waals surface area contributed by atoms with Gasteiger partial charge in [-0.25, -0.2) is 0 Å². The van der Waals surface area contributed by atoms with Crippen LogP contribution in [0, 0.1) is 0 Å². The SMILES string of the molecule is CCCCCSC(CC)CCN. The summed E-state index contributed by atoms with van der Waals surface area (Å²) in [5.74, 6) is 1.33. The summed E-state index contributed by atoms with van der Waals surface area (Å²) in [4.78, 5) is 0. The number of nitrogens with two attached hydrogens (primary N) is 1. The molecule has 0 rings (SSSR count). The normalized spacial score (nSPS) is 13.2. The van der Waals surface area contributed by atoms with E-state index in [2.05, 4.69) is 25.6 Å². The Bertz CT molecular complexity index is 85.9. The van der Waals surface area contributed by atoms with E-state index in [4.69, 9.17) is 5.73 Å². The smallest absolute Gasteiger partial charge is 0.00564 e. The van der Waals surface area contributed by atoms with Crippen molar-refractivity contribution in [3.63, 3.8) is 0 Å². The molecular weight excluding hydrogens is 166 g/mol. The molecule has 0 aliphatic heterocycles. The molecule has 0 aromatic carbocycles. The van der Waals surface area contributed by atoms with Crippen LogP contribution < -0.4 is 5.73 Å². The number of thioether (sulfide) groups is 1. The van der Waals surface area contributed by atoms with Crippen LogP contribution in [0.1, 0.15) is 46.0 Å². The minimum Gasteiger partial charge on any atom is -0.330 e. The highest BCUT2D eigenvalue weighted by Gasteiger charge is 2.03. The van der Waals surface area contributed by atoms with Gasteiger partial charge in [-0.2, -0.15) is 11.8 Å². The topological polar surface area (TPSA) is 26.0 Å². The highest BCUT2D eigenvalue weighted by atomic mass is 32.2. The number of hydrogen-bond donors (Lipinski definition) is 1. The van der Waals surface area contributed by atoms with E-state index < -0.39 is 0 Å². The van der Waals surface area contributed by atoms with Crippen molar-refractivity contribution >= 4 is 11.8 Å². The predicted molar refractivity (Wildman–Crippen MR) is 59.7 cm³/mol. The van der Waals surface area contributed by atoms with Gasteiger partial charge in [-0.3, -0.25) is 0 Å². The molecule has 1 nitrogen and oxygen atoms in total. The molecule has 0 amide bonds. The van der Waals surface area contributed by atoms with Crippen LogP contribution in [0.5, 0.6) is 0 Å². The van der Waals surface area contributed by atoms with Crippen LogP contribution in [0.15, 0.2) is 0 Å². The maximum atomic E-state index is 5.52. The molecule has 12 heavy (non-hydrogen) atoms. The second kappa shape index (κ2) is 9.40. The lowest BCUT2D eigenvalue weighted by molar-refractivity contribution is 0.737. The maximum Gasteiger partial charge on any atom is 0.00564 e. The zero-order chi connectivity index (χ0) is 9.23. The molecule has 0 saturated heterocycles. The lowest BCUT2D eigenvalue weighted by Gasteiger charge is -2.12. The van der Waals surface area contributed by atoms with Crippen molar-refractivity contribution in [2.24, 2.45) is 5.73 Å². The molecule has 2 N–H and O–H groups in total. The van der Waals surface area contributed by atoms with Crippen LogP contribution >= 0.6 is 11.8 Å². The summed E-state index contributed by atoms with van der Waals surface area (Å²) in [5.41, 5.74) is 5.52. The predicted octanol–water partition coefficient (Wildman–Crippen LogP) is 3.04. The second-order valence-corrected chi connectivity index (χ2v) is 4.59. The van der Waals surface area contributed by atoms with Gasteiger partial charge in [0.25, 0.3) is 0 Å². The molecule has 1 atom stereocenters. The van der Waals surface area contributed by atoms with Crippen LogP contribution in [0.25, 0.3) is 0 Å². The molecule has 0 aliphatic carbocycles. The second-order valence-electron chi connectivity index (χ2n) is 3.19. The van der Waals surface area contributed by atoms with Crippen LogP contribution in [-0.4, -0.2) is 17.5 Å². The van der Waals surface area contributed by atoms with Gasteiger partial charge in [-0.1, -0.05) is 26.7 Å². The summed E-state index contributed by atoms with van der Waals surface area (Å²) in [5, 5.41) is 0.812.